The Morgan fingerprint density at radius 1 is 1.33 bits per heavy atom. The first kappa shape index (κ1) is 15.5. The summed E-state index contributed by atoms with van der Waals surface area (Å²) < 4.78 is 0. The number of hydrogen-bond donors (Lipinski definition) is 2. The van der Waals surface area contributed by atoms with Crippen LogP contribution in [0.5, 0.6) is 0 Å². The highest BCUT2D eigenvalue weighted by Gasteiger charge is 2.22. The number of carbonyl (C=O) groups excluding carboxylic acids is 2. The van der Waals surface area contributed by atoms with Crippen LogP contribution in [0.4, 0.5) is 5.69 Å². The van der Waals surface area contributed by atoms with Crippen LogP contribution in [0.2, 0.25) is 0 Å². The van der Waals surface area contributed by atoms with E-state index >= 15 is 0 Å². The van der Waals surface area contributed by atoms with Gasteiger partial charge in [0.05, 0.1) is 6.04 Å². The Balaban J connectivity index is 2.06. The Kier molecular flexibility index (Phi) is 5.33. The Labute approximate surface area is 125 Å². The lowest BCUT2D eigenvalue weighted by Gasteiger charge is -2.19. The quantitative estimate of drug-likeness (QED) is 0.870. The molecule has 2 N–H and O–H groups in total. The molecule has 0 bridgehead atoms. The van der Waals surface area contributed by atoms with E-state index < -0.39 is 0 Å². The average molecular weight is 289 g/mol. The second kappa shape index (κ2) is 7.22. The molecule has 0 unspecified atom stereocenters. The predicted molar refractivity (Wildman–Crippen MR) is 83.3 cm³/mol. The van der Waals surface area contributed by atoms with Gasteiger partial charge in [-0.1, -0.05) is 6.07 Å². The zero-order chi connectivity index (χ0) is 15.2. The lowest BCUT2D eigenvalue weighted by Crippen LogP contribution is -2.35. The second-order valence-corrected chi connectivity index (χ2v) is 5.20. The van der Waals surface area contributed by atoms with Gasteiger partial charge in [0.1, 0.15) is 0 Å². The highest BCUT2D eigenvalue weighted by Crippen LogP contribution is 2.14. The number of hydrogen-bond acceptors (Lipinski definition) is 3. The summed E-state index contributed by atoms with van der Waals surface area (Å²) in [5, 5.41) is 6.05. The molecule has 1 aromatic carbocycles. The van der Waals surface area contributed by atoms with Gasteiger partial charge in [0, 0.05) is 24.3 Å². The third-order valence-corrected chi connectivity index (χ3v) is 3.80. The molecule has 21 heavy (non-hydrogen) atoms. The minimum absolute atomic E-state index is 0.00455. The Morgan fingerprint density at radius 3 is 2.71 bits per heavy atom. The molecule has 5 heteroatoms. The van der Waals surface area contributed by atoms with Crippen molar-refractivity contribution in [3.63, 3.8) is 0 Å². The minimum Gasteiger partial charge on any atom is -0.339 e. The van der Waals surface area contributed by atoms with Crippen LogP contribution in [0.25, 0.3) is 0 Å². The molecular weight excluding hydrogens is 266 g/mol. The molecule has 1 saturated heterocycles. The van der Waals surface area contributed by atoms with Crippen molar-refractivity contribution in [1.29, 1.82) is 0 Å². The highest BCUT2D eigenvalue weighted by atomic mass is 16.2. The van der Waals surface area contributed by atoms with Crippen LogP contribution in [-0.4, -0.2) is 42.4 Å². The maximum atomic E-state index is 12.3. The van der Waals surface area contributed by atoms with Crippen LogP contribution in [0.1, 0.15) is 37.0 Å². The van der Waals surface area contributed by atoms with Crippen LogP contribution in [0.15, 0.2) is 24.3 Å². The Morgan fingerprint density at radius 2 is 2.10 bits per heavy atom. The van der Waals surface area contributed by atoms with Gasteiger partial charge < -0.3 is 15.5 Å². The van der Waals surface area contributed by atoms with Gasteiger partial charge in [0.15, 0.2) is 0 Å². The lowest BCUT2D eigenvalue weighted by atomic mass is 10.1. The summed E-state index contributed by atoms with van der Waals surface area (Å²) in [5.41, 5.74) is 1.28. The van der Waals surface area contributed by atoms with E-state index in [0.717, 1.165) is 19.4 Å². The maximum absolute atomic E-state index is 12.3. The highest BCUT2D eigenvalue weighted by molar-refractivity contribution is 5.98. The van der Waals surface area contributed by atoms with Gasteiger partial charge in [-0.2, -0.15) is 0 Å². The molecule has 2 rings (SSSR count). The molecule has 1 aliphatic rings. The molecule has 1 fully saturated rings. The summed E-state index contributed by atoms with van der Waals surface area (Å²) >= 11 is 0. The zero-order valence-corrected chi connectivity index (χ0v) is 12.7. The van der Waals surface area contributed by atoms with Crippen molar-refractivity contribution < 1.29 is 9.59 Å². The van der Waals surface area contributed by atoms with E-state index in [9.17, 15) is 9.59 Å². The topological polar surface area (TPSA) is 61.4 Å². The van der Waals surface area contributed by atoms with E-state index in [0.29, 0.717) is 24.3 Å². The fraction of sp³-hybridized carbons (Fsp3) is 0.500. The predicted octanol–water partition coefficient (Wildman–Crippen LogP) is 1.86. The van der Waals surface area contributed by atoms with E-state index in [2.05, 4.69) is 10.6 Å². The third kappa shape index (κ3) is 3.82. The summed E-state index contributed by atoms with van der Waals surface area (Å²) in [6, 6.07) is 7.02. The summed E-state index contributed by atoms with van der Waals surface area (Å²) in [6.45, 7) is 6.16. The molecule has 1 aliphatic heterocycles. The zero-order valence-electron chi connectivity index (χ0n) is 12.7. The normalized spacial score (nSPS) is 17.5. The molecule has 1 atom stereocenters. The van der Waals surface area contributed by atoms with Crippen molar-refractivity contribution in [2.45, 2.75) is 32.7 Å². The number of nitrogens with zero attached hydrogens (tertiary/aromatic N) is 1. The molecule has 5 nitrogen and oxygen atoms in total. The molecule has 0 radical (unpaired) electrons. The van der Waals surface area contributed by atoms with Gasteiger partial charge in [-0.3, -0.25) is 9.59 Å². The van der Waals surface area contributed by atoms with Gasteiger partial charge in [-0.15, -0.1) is 0 Å². The number of anilines is 1. The van der Waals surface area contributed by atoms with E-state index in [4.69, 9.17) is 0 Å². The summed E-state index contributed by atoms with van der Waals surface area (Å²) in [6.07, 6.45) is 1.89. The number of carbonyl (C=O) groups is 2. The van der Waals surface area contributed by atoms with Gasteiger partial charge in [0.25, 0.3) is 5.91 Å². The Hall–Kier alpha value is -1.88. The van der Waals surface area contributed by atoms with Crippen LogP contribution >= 0.6 is 0 Å². The van der Waals surface area contributed by atoms with Crippen molar-refractivity contribution in [2.75, 3.05) is 25.0 Å². The minimum atomic E-state index is -0.118. The average Bonchev–Trinajstić information content (AvgIpc) is 3.03. The van der Waals surface area contributed by atoms with E-state index in [-0.39, 0.29) is 17.9 Å². The third-order valence-electron chi connectivity index (χ3n) is 3.80. The van der Waals surface area contributed by atoms with Crippen LogP contribution in [-0.2, 0) is 4.79 Å². The van der Waals surface area contributed by atoms with Crippen molar-refractivity contribution in [1.82, 2.24) is 10.2 Å². The van der Waals surface area contributed by atoms with Crippen LogP contribution in [0.3, 0.4) is 0 Å². The smallest absolute Gasteiger partial charge is 0.253 e. The van der Waals surface area contributed by atoms with Crippen molar-refractivity contribution in [3.05, 3.63) is 29.8 Å². The van der Waals surface area contributed by atoms with Crippen molar-refractivity contribution in [2.24, 2.45) is 0 Å². The molecule has 114 valence electrons. The number of amides is 2. The number of nitrogens with one attached hydrogen (secondary N) is 2. The van der Waals surface area contributed by atoms with Gasteiger partial charge in [0.2, 0.25) is 5.91 Å². The molecule has 1 aromatic rings. The molecule has 0 saturated carbocycles. The van der Waals surface area contributed by atoms with E-state index in [1.165, 1.54) is 0 Å². The van der Waals surface area contributed by atoms with E-state index in [1.54, 1.807) is 23.1 Å². The van der Waals surface area contributed by atoms with Gasteiger partial charge in [-0.25, -0.2) is 0 Å². The molecule has 0 spiro atoms. The molecular formula is C16H23N3O2. The molecule has 0 aromatic heterocycles. The second-order valence-electron chi connectivity index (χ2n) is 5.20. The summed E-state index contributed by atoms with van der Waals surface area (Å²) in [4.78, 5) is 26.1. The first-order valence-electron chi connectivity index (χ1n) is 7.59. The fourth-order valence-corrected chi connectivity index (χ4v) is 2.56. The molecule has 2 amide bonds. The monoisotopic (exact) mass is 289 g/mol. The summed E-state index contributed by atoms with van der Waals surface area (Å²) in [7, 11) is 0. The first-order valence-corrected chi connectivity index (χ1v) is 7.59. The standard InChI is InChI=1S/C16H23N3O2/c1-3-19(4-2)16(21)12-7-5-8-13(11-12)18-15(20)14-9-6-10-17-14/h5,7-8,11,14,17H,3-4,6,9-10H2,1-2H3,(H,18,20)/t14-/m0/s1. The SMILES string of the molecule is CCN(CC)C(=O)c1cccc(NC(=O)[C@@H]2CCCN2)c1. The Bertz CT molecular complexity index is 506. The van der Waals surface area contributed by atoms with Crippen LogP contribution < -0.4 is 10.6 Å². The van der Waals surface area contributed by atoms with Gasteiger partial charge >= 0.3 is 0 Å². The van der Waals surface area contributed by atoms with Crippen LogP contribution in [0, 0.1) is 0 Å². The van der Waals surface area contributed by atoms with Gasteiger partial charge in [-0.05, 0) is 51.4 Å². The fourth-order valence-electron chi connectivity index (χ4n) is 2.56. The molecule has 0 aliphatic carbocycles. The largest absolute Gasteiger partial charge is 0.339 e. The number of benzene rings is 1. The van der Waals surface area contributed by atoms with Crippen molar-refractivity contribution in [3.8, 4) is 0 Å². The van der Waals surface area contributed by atoms with E-state index in [1.807, 2.05) is 19.9 Å². The van der Waals surface area contributed by atoms with Crippen molar-refractivity contribution >= 4 is 17.5 Å². The lowest BCUT2D eigenvalue weighted by molar-refractivity contribution is -0.117. The number of rotatable bonds is 5. The maximum Gasteiger partial charge on any atom is 0.253 e. The first-order chi connectivity index (χ1) is 10.2. The molecule has 1 heterocycles. The summed E-state index contributed by atoms with van der Waals surface area (Å²) in [5.74, 6) is -0.0324.